The highest BCUT2D eigenvalue weighted by atomic mass is 32.2. The Labute approximate surface area is 193 Å². The Morgan fingerprint density at radius 3 is 2.26 bits per heavy atom. The molecule has 3 aromatic rings. The number of carbonyl (C=O) groups is 1. The Morgan fingerprint density at radius 2 is 1.71 bits per heavy atom. The lowest BCUT2D eigenvalue weighted by Gasteiger charge is -2.13. The molecule has 3 rings (SSSR count). The summed E-state index contributed by atoms with van der Waals surface area (Å²) >= 11 is 0. The molecule has 1 heterocycles. The number of benzene rings is 2. The van der Waals surface area contributed by atoms with Crippen LogP contribution in [0.15, 0.2) is 64.4 Å². The van der Waals surface area contributed by atoms with Gasteiger partial charge < -0.3 is 14.2 Å². The predicted octanol–water partition coefficient (Wildman–Crippen LogP) is 4.44. The van der Waals surface area contributed by atoms with Gasteiger partial charge in [0.1, 0.15) is 22.2 Å². The van der Waals surface area contributed by atoms with Gasteiger partial charge in [0.2, 0.25) is 21.4 Å². The summed E-state index contributed by atoms with van der Waals surface area (Å²) in [6, 6.07) is 7.72. The first-order valence-corrected chi connectivity index (χ1v) is 10.6. The van der Waals surface area contributed by atoms with Gasteiger partial charge in [-0.2, -0.15) is 4.98 Å². The van der Waals surface area contributed by atoms with Gasteiger partial charge in [0.25, 0.3) is 0 Å². The van der Waals surface area contributed by atoms with E-state index in [9.17, 15) is 40.9 Å². The van der Waals surface area contributed by atoms with E-state index in [0.29, 0.717) is 18.2 Å². The summed E-state index contributed by atoms with van der Waals surface area (Å²) in [6.45, 7) is 0. The van der Waals surface area contributed by atoms with Crippen LogP contribution in [-0.2, 0) is 14.6 Å². The van der Waals surface area contributed by atoms with E-state index in [1.807, 2.05) is 0 Å². The van der Waals surface area contributed by atoms with Gasteiger partial charge in [-0.3, -0.25) is 10.1 Å². The number of hydrogen-bond acceptors (Lipinski definition) is 9. The van der Waals surface area contributed by atoms with E-state index >= 15 is 0 Å². The highest BCUT2D eigenvalue weighted by Gasteiger charge is 2.34. The number of alkyl halides is 3. The van der Waals surface area contributed by atoms with E-state index in [0.717, 1.165) is 31.4 Å². The van der Waals surface area contributed by atoms with Gasteiger partial charge in [-0.15, -0.1) is 13.2 Å². The molecule has 2 aromatic carbocycles. The largest absolute Gasteiger partial charge is 0.573 e. The zero-order chi connectivity index (χ0) is 26.0. The molecule has 0 amide bonds. The molecule has 184 valence electrons. The standard InChI is InChI=1S/C20H12F4N2O8S/c1-32-19(27)17-15(26(28)29)10-16(18(25-17)33-13-4-2-3-11(21)9-13)35(30,31)14-7-5-12(6-8-14)34-20(22,23)24/h2-10H,1H3. The third-order valence-electron chi connectivity index (χ3n) is 4.18. The number of ether oxygens (including phenoxy) is 3. The highest BCUT2D eigenvalue weighted by molar-refractivity contribution is 7.91. The SMILES string of the molecule is COC(=O)c1nc(Oc2cccc(F)c2)c(S(=O)(=O)c2ccc(OC(F)(F)F)cc2)cc1[N+](=O)[O-]. The number of carbonyl (C=O) groups excluding carboxylic acids is 1. The average Bonchev–Trinajstić information content (AvgIpc) is 2.77. The highest BCUT2D eigenvalue weighted by Crippen LogP contribution is 2.36. The van der Waals surface area contributed by atoms with Crippen LogP contribution < -0.4 is 9.47 Å². The first-order chi connectivity index (χ1) is 16.3. The van der Waals surface area contributed by atoms with Crippen LogP contribution in [0.3, 0.4) is 0 Å². The zero-order valence-electron chi connectivity index (χ0n) is 17.3. The molecule has 0 spiro atoms. The first kappa shape index (κ1) is 25.4. The summed E-state index contributed by atoms with van der Waals surface area (Å²) in [5.74, 6) is -3.91. The minimum absolute atomic E-state index is 0.271. The fraction of sp³-hybridized carbons (Fsp3) is 0.100. The Hall–Kier alpha value is -4.27. The molecule has 0 aliphatic rings. The van der Waals surface area contributed by atoms with Crippen molar-refractivity contribution in [3.05, 3.63) is 76.2 Å². The topological polar surface area (TPSA) is 135 Å². The maximum atomic E-state index is 13.6. The molecule has 35 heavy (non-hydrogen) atoms. The number of pyridine rings is 1. The summed E-state index contributed by atoms with van der Waals surface area (Å²) < 4.78 is 90.7. The molecule has 15 heteroatoms. The molecule has 10 nitrogen and oxygen atoms in total. The number of sulfone groups is 1. The Balaban J connectivity index is 2.19. The van der Waals surface area contributed by atoms with Gasteiger partial charge in [-0.25, -0.2) is 17.6 Å². The van der Waals surface area contributed by atoms with Crippen LogP contribution in [0.25, 0.3) is 0 Å². The monoisotopic (exact) mass is 516 g/mol. The molecular weight excluding hydrogens is 504 g/mol. The molecule has 0 aliphatic heterocycles. The van der Waals surface area contributed by atoms with Gasteiger partial charge in [0, 0.05) is 12.1 Å². The Morgan fingerprint density at radius 1 is 1.06 bits per heavy atom. The third kappa shape index (κ3) is 5.81. The van der Waals surface area contributed by atoms with Crippen LogP contribution >= 0.6 is 0 Å². The molecule has 0 radical (unpaired) electrons. The van der Waals surface area contributed by atoms with Crippen molar-refractivity contribution in [1.29, 1.82) is 0 Å². The fourth-order valence-electron chi connectivity index (χ4n) is 2.71. The lowest BCUT2D eigenvalue weighted by molar-refractivity contribution is -0.385. The number of halogens is 4. The minimum Gasteiger partial charge on any atom is -0.464 e. The first-order valence-electron chi connectivity index (χ1n) is 9.14. The number of methoxy groups -OCH3 is 1. The molecule has 0 atom stereocenters. The molecular formula is C20H12F4N2O8S. The van der Waals surface area contributed by atoms with E-state index in [1.54, 1.807) is 0 Å². The summed E-state index contributed by atoms with van der Waals surface area (Å²) in [7, 11) is -3.84. The fourth-order valence-corrected chi connectivity index (χ4v) is 4.04. The maximum absolute atomic E-state index is 13.6. The molecule has 1 aromatic heterocycles. The average molecular weight is 516 g/mol. The van der Waals surface area contributed by atoms with Gasteiger partial charge in [-0.05, 0) is 36.4 Å². The van der Waals surface area contributed by atoms with Gasteiger partial charge in [0.05, 0.1) is 16.9 Å². The number of nitro groups is 1. The van der Waals surface area contributed by atoms with Gasteiger partial charge in [-0.1, -0.05) is 6.07 Å². The smallest absolute Gasteiger partial charge is 0.464 e. The summed E-state index contributed by atoms with van der Waals surface area (Å²) in [5, 5.41) is 11.5. The number of hydrogen-bond donors (Lipinski definition) is 0. The van der Waals surface area contributed by atoms with E-state index in [-0.39, 0.29) is 5.75 Å². The number of aromatic nitrogens is 1. The second kappa shape index (κ2) is 9.54. The molecule has 0 fully saturated rings. The second-order valence-corrected chi connectivity index (χ2v) is 8.41. The van der Waals surface area contributed by atoms with Crippen molar-refractivity contribution < 1.29 is 49.9 Å². The number of esters is 1. The van der Waals surface area contributed by atoms with Gasteiger partial charge >= 0.3 is 18.0 Å². The van der Waals surface area contributed by atoms with Crippen molar-refractivity contribution in [2.75, 3.05) is 7.11 Å². The van der Waals surface area contributed by atoms with Crippen LogP contribution in [0.4, 0.5) is 23.2 Å². The third-order valence-corrected chi connectivity index (χ3v) is 5.94. The lowest BCUT2D eigenvalue weighted by atomic mass is 10.3. The predicted molar refractivity (Wildman–Crippen MR) is 107 cm³/mol. The van der Waals surface area contributed by atoms with E-state index in [2.05, 4.69) is 14.5 Å². The van der Waals surface area contributed by atoms with Crippen LogP contribution in [0, 0.1) is 15.9 Å². The lowest BCUT2D eigenvalue weighted by Crippen LogP contribution is -2.17. The van der Waals surface area contributed by atoms with Crippen LogP contribution in [0.1, 0.15) is 10.5 Å². The van der Waals surface area contributed by atoms with Crippen molar-refractivity contribution in [2.45, 2.75) is 16.2 Å². The van der Waals surface area contributed by atoms with Crippen molar-refractivity contribution >= 4 is 21.5 Å². The summed E-state index contributed by atoms with van der Waals surface area (Å²) in [6.07, 6.45) is -5.03. The number of rotatable bonds is 7. The summed E-state index contributed by atoms with van der Waals surface area (Å²) in [4.78, 5) is 24.5. The maximum Gasteiger partial charge on any atom is 0.573 e. The van der Waals surface area contributed by atoms with Crippen molar-refractivity contribution in [2.24, 2.45) is 0 Å². The molecule has 0 aliphatic carbocycles. The molecule has 0 saturated heterocycles. The normalized spacial score (nSPS) is 11.6. The van der Waals surface area contributed by atoms with Crippen molar-refractivity contribution in [3.63, 3.8) is 0 Å². The van der Waals surface area contributed by atoms with Crippen LogP contribution in [-0.4, -0.2) is 37.8 Å². The van der Waals surface area contributed by atoms with Gasteiger partial charge in [0.15, 0.2) is 0 Å². The molecule has 0 unspecified atom stereocenters. The van der Waals surface area contributed by atoms with Crippen LogP contribution in [0.5, 0.6) is 17.4 Å². The van der Waals surface area contributed by atoms with Crippen molar-refractivity contribution in [3.8, 4) is 17.4 Å². The zero-order valence-corrected chi connectivity index (χ0v) is 18.1. The molecule has 0 saturated carbocycles. The number of nitrogens with zero attached hydrogens (tertiary/aromatic N) is 2. The van der Waals surface area contributed by atoms with Crippen LogP contribution in [0.2, 0.25) is 0 Å². The Bertz CT molecular complexity index is 1390. The van der Waals surface area contributed by atoms with E-state index in [4.69, 9.17) is 4.74 Å². The quantitative estimate of drug-likeness (QED) is 0.193. The second-order valence-electron chi connectivity index (χ2n) is 6.49. The summed E-state index contributed by atoms with van der Waals surface area (Å²) in [5.41, 5.74) is -1.96. The molecule has 0 bridgehead atoms. The Kier molecular flexibility index (Phi) is 6.91. The van der Waals surface area contributed by atoms with Crippen molar-refractivity contribution in [1.82, 2.24) is 4.98 Å². The van der Waals surface area contributed by atoms with E-state index in [1.165, 1.54) is 12.1 Å². The molecule has 0 N–H and O–H groups in total. The minimum atomic E-state index is -5.03. The van der Waals surface area contributed by atoms with E-state index < -0.39 is 65.7 Å².